The Morgan fingerprint density at radius 1 is 1.12 bits per heavy atom. The number of aromatic nitrogens is 3. The highest BCUT2D eigenvalue weighted by Crippen LogP contribution is 2.20. The molecule has 1 saturated heterocycles. The quantitative estimate of drug-likeness (QED) is 0.596. The van der Waals surface area contributed by atoms with E-state index in [1.54, 1.807) is 30.6 Å². The molecule has 0 saturated carbocycles. The number of amides is 1. The maximum absolute atomic E-state index is 12.9. The van der Waals surface area contributed by atoms with Crippen molar-refractivity contribution in [3.63, 3.8) is 0 Å². The van der Waals surface area contributed by atoms with Gasteiger partial charge in [0.25, 0.3) is 5.56 Å². The summed E-state index contributed by atoms with van der Waals surface area (Å²) in [7, 11) is -3.23. The van der Waals surface area contributed by atoms with E-state index in [2.05, 4.69) is 15.4 Å². The van der Waals surface area contributed by atoms with Crippen LogP contribution in [0.4, 0.5) is 0 Å². The monoisotopic (exact) mass is 455 g/mol. The Kier molecular flexibility index (Phi) is 6.33. The van der Waals surface area contributed by atoms with Crippen molar-refractivity contribution < 1.29 is 13.2 Å². The zero-order valence-electron chi connectivity index (χ0n) is 17.8. The molecular formula is C22H25N5O4S. The van der Waals surface area contributed by atoms with Gasteiger partial charge in [-0.25, -0.2) is 17.4 Å². The zero-order chi connectivity index (χ0) is 22.7. The number of carbonyl (C=O) groups is 1. The van der Waals surface area contributed by atoms with Crippen molar-refractivity contribution in [2.45, 2.75) is 25.9 Å². The number of sulfonamides is 1. The van der Waals surface area contributed by atoms with Crippen LogP contribution in [-0.4, -0.2) is 52.7 Å². The number of hydrogen-bond acceptors (Lipinski definition) is 6. The summed E-state index contributed by atoms with van der Waals surface area (Å²) in [6.45, 7) is 1.14. The number of rotatable bonds is 6. The highest BCUT2D eigenvalue weighted by molar-refractivity contribution is 7.88. The molecule has 0 bridgehead atoms. The molecule has 9 nitrogen and oxygen atoms in total. The van der Waals surface area contributed by atoms with Crippen LogP contribution >= 0.6 is 0 Å². The molecule has 1 N–H and O–H groups in total. The predicted molar refractivity (Wildman–Crippen MR) is 120 cm³/mol. The lowest BCUT2D eigenvalue weighted by atomic mass is 9.97. The van der Waals surface area contributed by atoms with Crippen molar-refractivity contribution in [1.82, 2.24) is 24.4 Å². The van der Waals surface area contributed by atoms with Crippen LogP contribution in [0, 0.1) is 5.92 Å². The topological polar surface area (TPSA) is 114 Å². The number of piperidine rings is 1. The Morgan fingerprint density at radius 3 is 2.50 bits per heavy atom. The average Bonchev–Trinajstić information content (AvgIpc) is 2.80. The number of benzene rings is 1. The molecule has 1 aliphatic heterocycles. The van der Waals surface area contributed by atoms with Gasteiger partial charge in [0.1, 0.15) is 0 Å². The standard InChI is InChI=1S/C22H25N5O4S/c1-32(30,31)26-11-8-17(9-12-26)21(28)24-14-20-18-6-2-3-7-19(18)22(29)27(25-20)15-16-5-4-10-23-13-16/h2-7,10,13,17H,8-9,11-12,14-15H2,1H3,(H,24,28). The third kappa shape index (κ3) is 4.86. The summed E-state index contributed by atoms with van der Waals surface area (Å²) in [6, 6.07) is 10.9. The summed E-state index contributed by atoms with van der Waals surface area (Å²) in [5.41, 5.74) is 1.25. The summed E-state index contributed by atoms with van der Waals surface area (Å²) in [4.78, 5) is 29.7. The molecule has 0 spiro atoms. The molecule has 2 aromatic heterocycles. The molecule has 168 valence electrons. The maximum atomic E-state index is 12.9. The average molecular weight is 456 g/mol. The van der Waals surface area contributed by atoms with Crippen molar-refractivity contribution in [3.8, 4) is 0 Å². The first kappa shape index (κ1) is 22.1. The van der Waals surface area contributed by atoms with Crippen molar-refractivity contribution in [2.75, 3.05) is 19.3 Å². The zero-order valence-corrected chi connectivity index (χ0v) is 18.6. The SMILES string of the molecule is CS(=O)(=O)N1CCC(C(=O)NCc2nn(Cc3cccnc3)c(=O)c3ccccc23)CC1. The molecule has 0 atom stereocenters. The van der Waals surface area contributed by atoms with Crippen molar-refractivity contribution in [2.24, 2.45) is 5.92 Å². The first-order valence-electron chi connectivity index (χ1n) is 10.4. The molecule has 3 aromatic rings. The van der Waals surface area contributed by atoms with E-state index in [0.717, 1.165) is 5.56 Å². The Bertz CT molecular complexity index is 1280. The second-order valence-electron chi connectivity index (χ2n) is 7.97. The molecule has 1 amide bonds. The fourth-order valence-corrected chi connectivity index (χ4v) is 4.85. The second-order valence-corrected chi connectivity index (χ2v) is 9.95. The van der Waals surface area contributed by atoms with Gasteiger partial charge in [0, 0.05) is 36.8 Å². The third-order valence-electron chi connectivity index (χ3n) is 5.72. The van der Waals surface area contributed by atoms with Gasteiger partial charge in [-0.1, -0.05) is 24.3 Å². The van der Waals surface area contributed by atoms with Gasteiger partial charge in [-0.3, -0.25) is 14.6 Å². The maximum Gasteiger partial charge on any atom is 0.274 e. The summed E-state index contributed by atoms with van der Waals surface area (Å²) in [5.74, 6) is -0.380. The molecule has 1 aromatic carbocycles. The molecule has 0 aliphatic carbocycles. The number of nitrogens with one attached hydrogen (secondary N) is 1. The number of hydrogen-bond donors (Lipinski definition) is 1. The number of carbonyl (C=O) groups excluding carboxylic acids is 1. The highest BCUT2D eigenvalue weighted by atomic mass is 32.2. The molecule has 32 heavy (non-hydrogen) atoms. The van der Waals surface area contributed by atoms with E-state index in [1.807, 2.05) is 18.2 Å². The number of pyridine rings is 1. The smallest absolute Gasteiger partial charge is 0.274 e. The molecule has 0 radical (unpaired) electrons. The van der Waals surface area contributed by atoms with Crippen molar-refractivity contribution in [3.05, 3.63) is 70.4 Å². The van der Waals surface area contributed by atoms with Crippen molar-refractivity contribution in [1.29, 1.82) is 0 Å². The Labute approximate surface area is 186 Å². The van der Waals surface area contributed by atoms with E-state index in [9.17, 15) is 18.0 Å². The normalized spacial score (nSPS) is 15.7. The van der Waals surface area contributed by atoms with Crippen LogP contribution in [0.2, 0.25) is 0 Å². The molecule has 1 aliphatic rings. The predicted octanol–water partition coefficient (Wildman–Crippen LogP) is 1.13. The third-order valence-corrected chi connectivity index (χ3v) is 7.03. The minimum Gasteiger partial charge on any atom is -0.350 e. The number of nitrogens with zero attached hydrogens (tertiary/aromatic N) is 4. The van der Waals surface area contributed by atoms with E-state index in [0.29, 0.717) is 42.4 Å². The van der Waals surface area contributed by atoms with Crippen LogP contribution < -0.4 is 10.9 Å². The summed E-state index contributed by atoms with van der Waals surface area (Å²) in [5, 5.41) is 8.70. The van der Waals surface area contributed by atoms with Gasteiger partial charge in [-0.15, -0.1) is 0 Å². The fraction of sp³-hybridized carbons (Fsp3) is 0.364. The minimum absolute atomic E-state index is 0.131. The number of fused-ring (bicyclic) bond motifs is 1. The first-order chi connectivity index (χ1) is 15.3. The Balaban J connectivity index is 1.52. The largest absolute Gasteiger partial charge is 0.350 e. The van der Waals surface area contributed by atoms with Gasteiger partial charge in [0.15, 0.2) is 0 Å². The molecule has 1 fully saturated rings. The molecule has 0 unspecified atom stereocenters. The van der Waals surface area contributed by atoms with E-state index >= 15 is 0 Å². The van der Waals surface area contributed by atoms with Gasteiger partial charge < -0.3 is 5.32 Å². The van der Waals surface area contributed by atoms with Gasteiger partial charge in [0.2, 0.25) is 15.9 Å². The summed E-state index contributed by atoms with van der Waals surface area (Å²) < 4.78 is 26.1. The van der Waals surface area contributed by atoms with Gasteiger partial charge in [0.05, 0.1) is 30.4 Å². The Morgan fingerprint density at radius 2 is 1.84 bits per heavy atom. The first-order valence-corrected chi connectivity index (χ1v) is 12.3. The van der Waals surface area contributed by atoms with Crippen LogP contribution in [-0.2, 0) is 27.9 Å². The van der Waals surface area contributed by atoms with Crippen LogP contribution in [0.3, 0.4) is 0 Å². The van der Waals surface area contributed by atoms with Gasteiger partial charge in [-0.05, 0) is 30.5 Å². The van der Waals surface area contributed by atoms with E-state index < -0.39 is 10.0 Å². The van der Waals surface area contributed by atoms with E-state index in [4.69, 9.17) is 0 Å². The molecule has 4 rings (SSSR count). The van der Waals surface area contributed by atoms with Crippen LogP contribution in [0.15, 0.2) is 53.6 Å². The van der Waals surface area contributed by atoms with Crippen LogP contribution in [0.1, 0.15) is 24.1 Å². The summed E-state index contributed by atoms with van der Waals surface area (Å²) in [6.07, 6.45) is 5.50. The van der Waals surface area contributed by atoms with Crippen LogP contribution in [0.25, 0.3) is 10.8 Å². The van der Waals surface area contributed by atoms with E-state index in [-0.39, 0.29) is 30.5 Å². The lowest BCUT2D eigenvalue weighted by Gasteiger charge is -2.29. The van der Waals surface area contributed by atoms with Crippen molar-refractivity contribution >= 4 is 26.7 Å². The van der Waals surface area contributed by atoms with Gasteiger partial charge in [-0.2, -0.15) is 5.10 Å². The fourth-order valence-electron chi connectivity index (χ4n) is 3.97. The minimum atomic E-state index is -3.23. The lowest BCUT2D eigenvalue weighted by Crippen LogP contribution is -2.42. The molecule has 3 heterocycles. The van der Waals surface area contributed by atoms with Gasteiger partial charge >= 0.3 is 0 Å². The Hall–Kier alpha value is -3.11. The molecule has 10 heteroatoms. The van der Waals surface area contributed by atoms with E-state index in [1.165, 1.54) is 15.2 Å². The van der Waals surface area contributed by atoms with Crippen LogP contribution in [0.5, 0.6) is 0 Å². The second kappa shape index (κ2) is 9.17. The summed E-state index contributed by atoms with van der Waals surface area (Å²) >= 11 is 0. The lowest BCUT2D eigenvalue weighted by molar-refractivity contribution is -0.126. The highest BCUT2D eigenvalue weighted by Gasteiger charge is 2.29. The molecular weight excluding hydrogens is 430 g/mol.